The maximum Gasteiger partial charge on any atom is 0.135 e. The first-order chi connectivity index (χ1) is 27.7. The van der Waals surface area contributed by atoms with E-state index in [-0.39, 0.29) is 0 Å². The molecule has 0 aliphatic carbocycles. The normalized spacial score (nSPS) is 11.2. The summed E-state index contributed by atoms with van der Waals surface area (Å²) in [6, 6.07) is 80.1. The van der Waals surface area contributed by atoms with Gasteiger partial charge in [-0.05, 0) is 116 Å². The molecule has 0 amide bonds. The molecular formula is C54H37NO. The van der Waals surface area contributed by atoms with Crippen LogP contribution < -0.4 is 4.90 Å². The molecule has 1 aromatic heterocycles. The topological polar surface area (TPSA) is 16.4 Å². The first kappa shape index (κ1) is 33.2. The Hall–Kier alpha value is -7.42. The van der Waals surface area contributed by atoms with Gasteiger partial charge in [0.15, 0.2) is 0 Å². The van der Waals surface area contributed by atoms with Crippen LogP contribution in [-0.2, 0) is 0 Å². The largest absolute Gasteiger partial charge is 0.456 e. The maximum atomic E-state index is 6.21. The number of hydrogen-bond acceptors (Lipinski definition) is 2. The van der Waals surface area contributed by atoms with Gasteiger partial charge in [-0.3, -0.25) is 0 Å². The van der Waals surface area contributed by atoms with Gasteiger partial charge in [-0.1, -0.05) is 164 Å². The molecule has 10 aromatic rings. The summed E-state index contributed by atoms with van der Waals surface area (Å²) >= 11 is 0. The van der Waals surface area contributed by atoms with E-state index in [0.717, 1.165) is 50.5 Å². The zero-order chi connectivity index (χ0) is 37.3. The molecule has 0 atom stereocenters. The molecule has 9 aromatic carbocycles. The molecule has 0 fully saturated rings. The molecule has 1 heterocycles. The Kier molecular flexibility index (Phi) is 8.55. The van der Waals surface area contributed by atoms with Gasteiger partial charge < -0.3 is 9.32 Å². The van der Waals surface area contributed by atoms with E-state index < -0.39 is 0 Å². The number of para-hydroxylation sites is 1. The van der Waals surface area contributed by atoms with Crippen LogP contribution in [0.15, 0.2) is 229 Å². The summed E-state index contributed by atoms with van der Waals surface area (Å²) in [5.41, 5.74) is 14.7. The van der Waals surface area contributed by atoms with Crippen LogP contribution in [0.25, 0.3) is 77.6 Å². The van der Waals surface area contributed by atoms with Crippen LogP contribution in [0.1, 0.15) is 0 Å². The van der Waals surface area contributed by atoms with Crippen LogP contribution >= 0.6 is 0 Å². The predicted octanol–water partition coefficient (Wildman–Crippen LogP) is 15.4. The van der Waals surface area contributed by atoms with E-state index in [4.69, 9.17) is 4.42 Å². The summed E-state index contributed by atoms with van der Waals surface area (Å²) in [5.74, 6) is 0.873. The van der Waals surface area contributed by atoms with E-state index in [1.807, 2.05) is 18.2 Å². The SMILES string of the molecule is c1ccc(-c2ccccc2-c2ccc(N(c3ccc(-c4cccc(-c5cc6ccccc6o5)c4)cc3)c3ccc(-c4ccc5ccccc5c4)cc3)cc2)cc1. The number of hydrogen-bond donors (Lipinski definition) is 0. The minimum atomic E-state index is 0.873. The Morgan fingerprint density at radius 1 is 0.268 bits per heavy atom. The van der Waals surface area contributed by atoms with Crippen LogP contribution in [0.5, 0.6) is 0 Å². The molecule has 0 spiro atoms. The van der Waals surface area contributed by atoms with Crippen molar-refractivity contribution in [3.63, 3.8) is 0 Å². The average Bonchev–Trinajstić information content (AvgIpc) is 3.72. The van der Waals surface area contributed by atoms with Gasteiger partial charge in [0.2, 0.25) is 0 Å². The summed E-state index contributed by atoms with van der Waals surface area (Å²) in [6.07, 6.45) is 0. The molecule has 2 nitrogen and oxygen atoms in total. The Labute approximate surface area is 327 Å². The Morgan fingerprint density at radius 2 is 0.732 bits per heavy atom. The maximum absolute atomic E-state index is 6.21. The second kappa shape index (κ2) is 14.4. The highest BCUT2D eigenvalue weighted by Crippen LogP contribution is 2.40. The van der Waals surface area contributed by atoms with Gasteiger partial charge >= 0.3 is 0 Å². The van der Waals surface area contributed by atoms with E-state index in [1.165, 1.54) is 44.2 Å². The fourth-order valence-electron chi connectivity index (χ4n) is 7.79. The van der Waals surface area contributed by atoms with Gasteiger partial charge in [-0.2, -0.15) is 0 Å². The molecule has 0 radical (unpaired) electrons. The molecule has 0 aliphatic rings. The smallest absolute Gasteiger partial charge is 0.135 e. The number of rotatable bonds is 8. The quantitative estimate of drug-likeness (QED) is 0.156. The average molecular weight is 716 g/mol. The van der Waals surface area contributed by atoms with Gasteiger partial charge in [-0.15, -0.1) is 0 Å². The molecule has 264 valence electrons. The highest BCUT2D eigenvalue weighted by molar-refractivity contribution is 5.89. The number of anilines is 3. The number of benzene rings is 9. The molecule has 0 aliphatic heterocycles. The molecular weight excluding hydrogens is 679 g/mol. The second-order valence-corrected chi connectivity index (χ2v) is 14.2. The highest BCUT2D eigenvalue weighted by Gasteiger charge is 2.15. The highest BCUT2D eigenvalue weighted by atomic mass is 16.3. The molecule has 10 rings (SSSR count). The lowest BCUT2D eigenvalue weighted by molar-refractivity contribution is 0.631. The van der Waals surface area contributed by atoms with Gasteiger partial charge in [0, 0.05) is 28.0 Å². The molecule has 0 unspecified atom stereocenters. The van der Waals surface area contributed by atoms with Crippen molar-refractivity contribution in [2.24, 2.45) is 0 Å². The van der Waals surface area contributed by atoms with Crippen LogP contribution in [0.3, 0.4) is 0 Å². The molecule has 0 saturated carbocycles. The van der Waals surface area contributed by atoms with Crippen molar-refractivity contribution >= 4 is 38.8 Å². The van der Waals surface area contributed by atoms with E-state index >= 15 is 0 Å². The van der Waals surface area contributed by atoms with Crippen LogP contribution in [-0.4, -0.2) is 0 Å². The van der Waals surface area contributed by atoms with Crippen LogP contribution in [0.4, 0.5) is 17.1 Å². The van der Waals surface area contributed by atoms with E-state index in [0.29, 0.717) is 0 Å². The van der Waals surface area contributed by atoms with Crippen LogP contribution in [0.2, 0.25) is 0 Å². The predicted molar refractivity (Wildman–Crippen MR) is 236 cm³/mol. The van der Waals surface area contributed by atoms with Gasteiger partial charge in [0.05, 0.1) is 0 Å². The van der Waals surface area contributed by atoms with E-state index in [1.54, 1.807) is 0 Å². The first-order valence-electron chi connectivity index (χ1n) is 19.1. The Balaban J connectivity index is 1.01. The summed E-state index contributed by atoms with van der Waals surface area (Å²) in [5, 5.41) is 3.60. The third-order valence-electron chi connectivity index (χ3n) is 10.7. The molecule has 56 heavy (non-hydrogen) atoms. The third-order valence-corrected chi connectivity index (χ3v) is 10.7. The van der Waals surface area contributed by atoms with Crippen molar-refractivity contribution in [1.29, 1.82) is 0 Å². The number of fused-ring (bicyclic) bond motifs is 2. The number of nitrogens with zero attached hydrogens (tertiary/aromatic N) is 1. The zero-order valence-corrected chi connectivity index (χ0v) is 30.7. The Bertz CT molecular complexity index is 2910. The summed E-state index contributed by atoms with van der Waals surface area (Å²) in [7, 11) is 0. The molecule has 0 bridgehead atoms. The van der Waals surface area contributed by atoms with Gasteiger partial charge in [0.1, 0.15) is 11.3 Å². The van der Waals surface area contributed by atoms with Crippen molar-refractivity contribution < 1.29 is 4.42 Å². The fraction of sp³-hybridized carbons (Fsp3) is 0. The van der Waals surface area contributed by atoms with Crippen molar-refractivity contribution in [3.8, 4) is 55.8 Å². The first-order valence-corrected chi connectivity index (χ1v) is 19.1. The molecule has 0 N–H and O–H groups in total. The summed E-state index contributed by atoms with van der Waals surface area (Å²) in [4.78, 5) is 2.34. The molecule has 2 heteroatoms. The van der Waals surface area contributed by atoms with E-state index in [2.05, 4.69) is 211 Å². The third kappa shape index (κ3) is 6.44. The van der Waals surface area contributed by atoms with Crippen molar-refractivity contribution in [3.05, 3.63) is 224 Å². The van der Waals surface area contributed by atoms with Gasteiger partial charge in [-0.25, -0.2) is 0 Å². The summed E-state index contributed by atoms with van der Waals surface area (Å²) < 4.78 is 6.21. The van der Waals surface area contributed by atoms with Crippen molar-refractivity contribution in [1.82, 2.24) is 0 Å². The van der Waals surface area contributed by atoms with Gasteiger partial charge in [0.25, 0.3) is 0 Å². The lowest BCUT2D eigenvalue weighted by Crippen LogP contribution is -2.09. The minimum absolute atomic E-state index is 0.873. The molecule has 0 saturated heterocycles. The second-order valence-electron chi connectivity index (χ2n) is 14.2. The lowest BCUT2D eigenvalue weighted by atomic mass is 9.94. The monoisotopic (exact) mass is 715 g/mol. The van der Waals surface area contributed by atoms with Crippen molar-refractivity contribution in [2.75, 3.05) is 4.90 Å². The standard InChI is InChI=1S/C54H37NO/c1-2-12-41(13-3-1)51-18-7-8-19-52(51)42-27-33-50(34-28-42)55(49-31-25-40(26-32-49)45-22-21-38-11-4-5-14-43(38)35-45)48-29-23-39(24-30-48)44-16-10-17-46(36-44)54-37-47-15-6-9-20-53(47)56-54/h1-37H. The Morgan fingerprint density at radius 3 is 1.38 bits per heavy atom. The minimum Gasteiger partial charge on any atom is -0.456 e. The number of furan rings is 1. The van der Waals surface area contributed by atoms with E-state index in [9.17, 15) is 0 Å². The van der Waals surface area contributed by atoms with Crippen molar-refractivity contribution in [2.45, 2.75) is 0 Å². The van der Waals surface area contributed by atoms with Crippen LogP contribution in [0, 0.1) is 0 Å². The lowest BCUT2D eigenvalue weighted by Gasteiger charge is -2.26. The fourth-order valence-corrected chi connectivity index (χ4v) is 7.79. The summed E-state index contributed by atoms with van der Waals surface area (Å²) in [6.45, 7) is 0. The zero-order valence-electron chi connectivity index (χ0n) is 30.7.